The highest BCUT2D eigenvalue weighted by Gasteiger charge is 2.37. The Morgan fingerprint density at radius 3 is 2.04 bits per heavy atom. The number of benzene rings is 2. The molecule has 0 aromatic heterocycles. The summed E-state index contributed by atoms with van der Waals surface area (Å²) in [7, 11) is 5.42. The van der Waals surface area contributed by atoms with E-state index in [1.165, 1.54) is 40.6 Å². The third kappa shape index (κ3) is 2.84. The van der Waals surface area contributed by atoms with Gasteiger partial charge in [-0.15, -0.1) is 0 Å². The van der Waals surface area contributed by atoms with Crippen molar-refractivity contribution in [1.29, 1.82) is 0 Å². The number of phenols is 3. The van der Waals surface area contributed by atoms with E-state index in [4.69, 9.17) is 23.7 Å². The van der Waals surface area contributed by atoms with Crippen LogP contribution in [0.25, 0.3) is 0 Å². The molecule has 9 nitrogen and oxygen atoms in total. The van der Waals surface area contributed by atoms with Crippen molar-refractivity contribution in [3.8, 4) is 46.0 Å². The molecule has 0 amide bonds. The molecule has 9 heteroatoms. The number of rotatable bonds is 5. The van der Waals surface area contributed by atoms with Crippen molar-refractivity contribution in [2.45, 2.75) is 12.0 Å². The van der Waals surface area contributed by atoms with Gasteiger partial charge in [-0.3, -0.25) is 0 Å². The van der Waals surface area contributed by atoms with Gasteiger partial charge in [0.15, 0.2) is 23.0 Å². The second-order valence-corrected chi connectivity index (χ2v) is 6.14. The van der Waals surface area contributed by atoms with E-state index in [1.54, 1.807) is 0 Å². The summed E-state index contributed by atoms with van der Waals surface area (Å²) in [5.74, 6) is -1.36. The second-order valence-electron chi connectivity index (χ2n) is 6.14. The molecule has 0 saturated carbocycles. The van der Waals surface area contributed by atoms with E-state index < -0.39 is 12.0 Å². The minimum atomic E-state index is -1.18. The standard InChI is InChI=1S/C19H22O9/c1-24-12-6-9-13(21)10(7-28-16(9)15(23)18(12)26-3)8-5-11(20)17(25-2)19(27-4)14(8)22/h5-6,10,13,20-23H,7H2,1-4H3. The average molecular weight is 394 g/mol. The average Bonchev–Trinajstić information content (AvgIpc) is 2.69. The maximum atomic E-state index is 10.9. The summed E-state index contributed by atoms with van der Waals surface area (Å²) in [5, 5.41) is 42.2. The normalized spacial score (nSPS) is 18.0. The van der Waals surface area contributed by atoms with Crippen molar-refractivity contribution in [1.82, 2.24) is 0 Å². The Bertz CT molecular complexity index is 894. The first kappa shape index (κ1) is 19.6. The number of hydrogen-bond acceptors (Lipinski definition) is 9. The maximum Gasteiger partial charge on any atom is 0.207 e. The number of aliphatic hydroxyl groups excluding tert-OH is 1. The van der Waals surface area contributed by atoms with Crippen LogP contribution in [0.4, 0.5) is 0 Å². The van der Waals surface area contributed by atoms with Gasteiger partial charge >= 0.3 is 0 Å². The van der Waals surface area contributed by atoms with E-state index in [9.17, 15) is 20.4 Å². The highest BCUT2D eigenvalue weighted by Crippen LogP contribution is 2.55. The first-order valence-electron chi connectivity index (χ1n) is 8.34. The van der Waals surface area contributed by atoms with E-state index >= 15 is 0 Å². The minimum absolute atomic E-state index is 0.0283. The van der Waals surface area contributed by atoms with Gasteiger partial charge in [0, 0.05) is 11.1 Å². The molecule has 1 aliphatic rings. The molecule has 0 radical (unpaired) electrons. The molecule has 2 atom stereocenters. The van der Waals surface area contributed by atoms with Gasteiger partial charge in [0.2, 0.25) is 23.0 Å². The van der Waals surface area contributed by atoms with Gasteiger partial charge < -0.3 is 44.1 Å². The molecule has 2 aromatic rings. The van der Waals surface area contributed by atoms with Crippen LogP contribution in [0.15, 0.2) is 12.1 Å². The number of fused-ring (bicyclic) bond motifs is 1. The zero-order valence-corrected chi connectivity index (χ0v) is 15.8. The van der Waals surface area contributed by atoms with Crippen LogP contribution in [0.5, 0.6) is 46.0 Å². The van der Waals surface area contributed by atoms with Crippen LogP contribution in [0, 0.1) is 0 Å². The topological polar surface area (TPSA) is 127 Å². The van der Waals surface area contributed by atoms with E-state index in [2.05, 4.69) is 0 Å². The molecular formula is C19H22O9. The fourth-order valence-corrected chi connectivity index (χ4v) is 3.40. The Balaban J connectivity index is 2.12. The second kappa shape index (κ2) is 7.43. The van der Waals surface area contributed by atoms with Gasteiger partial charge in [0.25, 0.3) is 0 Å². The van der Waals surface area contributed by atoms with Crippen molar-refractivity contribution < 1.29 is 44.1 Å². The number of ether oxygens (including phenoxy) is 5. The number of aliphatic hydroxyl groups is 1. The molecular weight excluding hydrogens is 372 g/mol. The molecule has 2 unspecified atom stereocenters. The van der Waals surface area contributed by atoms with Crippen LogP contribution in [0.3, 0.4) is 0 Å². The van der Waals surface area contributed by atoms with Gasteiger partial charge in [-0.2, -0.15) is 0 Å². The Morgan fingerprint density at radius 2 is 1.46 bits per heavy atom. The predicted molar refractivity (Wildman–Crippen MR) is 97.3 cm³/mol. The largest absolute Gasteiger partial charge is 0.504 e. The van der Waals surface area contributed by atoms with Crippen LogP contribution < -0.4 is 23.7 Å². The molecule has 1 heterocycles. The lowest BCUT2D eigenvalue weighted by Crippen LogP contribution is -2.24. The summed E-state index contributed by atoms with van der Waals surface area (Å²) in [6, 6.07) is 2.77. The molecule has 28 heavy (non-hydrogen) atoms. The smallest absolute Gasteiger partial charge is 0.207 e. The highest BCUT2D eigenvalue weighted by atomic mass is 16.5. The fraction of sp³-hybridized carbons (Fsp3) is 0.368. The molecule has 1 aliphatic heterocycles. The molecule has 0 saturated heterocycles. The van der Waals surface area contributed by atoms with Crippen LogP contribution in [0.2, 0.25) is 0 Å². The van der Waals surface area contributed by atoms with Crippen molar-refractivity contribution in [2.75, 3.05) is 35.0 Å². The monoisotopic (exact) mass is 394 g/mol. The zero-order valence-electron chi connectivity index (χ0n) is 15.8. The summed E-state index contributed by atoms with van der Waals surface area (Å²) in [6.07, 6.45) is -1.18. The van der Waals surface area contributed by atoms with Crippen LogP contribution in [-0.4, -0.2) is 55.5 Å². The molecule has 0 fully saturated rings. The Kier molecular flexibility index (Phi) is 5.19. The minimum Gasteiger partial charge on any atom is -0.504 e. The number of phenolic OH excluding ortho intramolecular Hbond substituents is 3. The zero-order chi connectivity index (χ0) is 20.6. The van der Waals surface area contributed by atoms with Gasteiger partial charge in [-0.05, 0) is 12.1 Å². The van der Waals surface area contributed by atoms with Crippen LogP contribution in [-0.2, 0) is 0 Å². The van der Waals surface area contributed by atoms with Crippen molar-refractivity contribution in [3.63, 3.8) is 0 Å². The lowest BCUT2D eigenvalue weighted by molar-refractivity contribution is 0.0843. The fourth-order valence-electron chi connectivity index (χ4n) is 3.40. The van der Waals surface area contributed by atoms with Crippen molar-refractivity contribution in [2.24, 2.45) is 0 Å². The van der Waals surface area contributed by atoms with E-state index in [0.717, 1.165) is 0 Å². The summed E-state index contributed by atoms with van der Waals surface area (Å²) < 4.78 is 26.2. The van der Waals surface area contributed by atoms with Gasteiger partial charge in [0.1, 0.15) is 0 Å². The van der Waals surface area contributed by atoms with E-state index in [0.29, 0.717) is 0 Å². The first-order valence-corrected chi connectivity index (χ1v) is 8.34. The lowest BCUT2D eigenvalue weighted by atomic mass is 9.86. The van der Waals surface area contributed by atoms with Crippen LogP contribution >= 0.6 is 0 Å². The summed E-state index contributed by atoms with van der Waals surface area (Å²) in [5.41, 5.74) is 0.447. The van der Waals surface area contributed by atoms with Gasteiger partial charge in [-0.1, -0.05) is 0 Å². The molecule has 0 bridgehead atoms. The maximum absolute atomic E-state index is 10.9. The first-order chi connectivity index (χ1) is 13.4. The Labute approximate surface area is 161 Å². The molecule has 0 aliphatic carbocycles. The van der Waals surface area contributed by atoms with Crippen molar-refractivity contribution >= 4 is 0 Å². The van der Waals surface area contributed by atoms with E-state index in [1.807, 2.05) is 0 Å². The quantitative estimate of drug-likeness (QED) is 0.563. The molecule has 2 aromatic carbocycles. The summed E-state index contributed by atoms with van der Waals surface area (Å²) in [4.78, 5) is 0. The lowest BCUT2D eigenvalue weighted by Gasteiger charge is -2.32. The Hall–Kier alpha value is -3.20. The molecule has 0 spiro atoms. The van der Waals surface area contributed by atoms with Gasteiger partial charge in [-0.25, -0.2) is 0 Å². The van der Waals surface area contributed by atoms with Gasteiger partial charge in [0.05, 0.1) is 47.1 Å². The third-order valence-electron chi connectivity index (χ3n) is 4.76. The predicted octanol–water partition coefficient (Wildman–Crippen LogP) is 2.05. The summed E-state index contributed by atoms with van der Waals surface area (Å²) in [6.45, 7) is -0.0836. The van der Waals surface area contributed by atoms with E-state index in [-0.39, 0.29) is 63.7 Å². The number of aromatic hydroxyl groups is 3. The molecule has 152 valence electrons. The molecule has 3 rings (SSSR count). The summed E-state index contributed by atoms with van der Waals surface area (Å²) >= 11 is 0. The van der Waals surface area contributed by atoms with Crippen LogP contribution in [0.1, 0.15) is 23.1 Å². The van der Waals surface area contributed by atoms with Crippen molar-refractivity contribution in [3.05, 3.63) is 23.3 Å². The Morgan fingerprint density at radius 1 is 0.821 bits per heavy atom. The molecule has 4 N–H and O–H groups in total. The number of hydrogen-bond donors (Lipinski definition) is 4. The highest BCUT2D eigenvalue weighted by molar-refractivity contribution is 5.66. The number of methoxy groups -OCH3 is 4. The SMILES string of the molecule is COc1cc2c(c(O)c1OC)OCC(c1cc(O)c(OC)c(OC)c1O)C2O. The third-order valence-corrected chi connectivity index (χ3v) is 4.76.